The quantitative estimate of drug-likeness (QED) is 0.895. The Hall–Kier alpha value is -1.07. The van der Waals surface area contributed by atoms with Crippen molar-refractivity contribution in [3.63, 3.8) is 0 Å². The van der Waals surface area contributed by atoms with Gasteiger partial charge in [-0.05, 0) is 38.2 Å². The van der Waals surface area contributed by atoms with E-state index in [9.17, 15) is 0 Å². The average molecular weight is 339 g/mol. The summed E-state index contributed by atoms with van der Waals surface area (Å²) in [6, 6.07) is 8.48. The molecule has 1 aromatic carbocycles. The molecule has 0 spiro atoms. The average Bonchev–Trinajstić information content (AvgIpc) is 2.74. The number of benzene rings is 1. The fraction of sp³-hybridized carbons (Fsp3) is 0.533. The van der Waals surface area contributed by atoms with Gasteiger partial charge in [-0.1, -0.05) is 35.0 Å². The summed E-state index contributed by atoms with van der Waals surface area (Å²) in [7, 11) is 4.16. The minimum Gasteiger partial charge on any atom is -0.370 e. The number of nitrogens with zero attached hydrogens (tertiary/aromatic N) is 3. The van der Waals surface area contributed by atoms with Crippen LogP contribution in [-0.2, 0) is 5.54 Å². The largest absolute Gasteiger partial charge is 0.370 e. The minimum atomic E-state index is -0.107. The van der Waals surface area contributed by atoms with Gasteiger partial charge >= 0.3 is 0 Å². The van der Waals surface area contributed by atoms with Gasteiger partial charge in [0.1, 0.15) is 0 Å². The third-order valence-corrected chi connectivity index (χ3v) is 4.51. The van der Waals surface area contributed by atoms with E-state index in [1.54, 1.807) is 0 Å². The Morgan fingerprint density at radius 2 is 2.20 bits per heavy atom. The van der Waals surface area contributed by atoms with Crippen molar-refractivity contribution in [2.45, 2.75) is 18.9 Å². The summed E-state index contributed by atoms with van der Waals surface area (Å²) in [6.07, 6.45) is 0.987. The number of hydrogen-bond acceptors (Lipinski definition) is 4. The normalized spacial score (nSPS) is 22.4. The van der Waals surface area contributed by atoms with E-state index in [4.69, 9.17) is 5.73 Å². The lowest BCUT2D eigenvalue weighted by atomic mass is 9.86. The highest BCUT2D eigenvalue weighted by Crippen LogP contribution is 2.36. The van der Waals surface area contributed by atoms with Crippen LogP contribution in [-0.4, -0.2) is 49.5 Å². The second kappa shape index (κ2) is 6.14. The van der Waals surface area contributed by atoms with Gasteiger partial charge in [-0.15, -0.1) is 0 Å². The fourth-order valence-corrected chi connectivity index (χ4v) is 3.16. The van der Waals surface area contributed by atoms with Crippen LogP contribution in [0.2, 0.25) is 0 Å². The van der Waals surface area contributed by atoms with E-state index < -0.39 is 0 Å². The van der Waals surface area contributed by atoms with Gasteiger partial charge < -0.3 is 15.5 Å². The number of halogens is 1. The lowest BCUT2D eigenvalue weighted by Gasteiger charge is -2.39. The highest BCUT2D eigenvalue weighted by molar-refractivity contribution is 9.10. The summed E-state index contributed by atoms with van der Waals surface area (Å²) in [5, 5.41) is 0. The molecule has 1 aliphatic heterocycles. The Morgan fingerprint density at radius 3 is 2.80 bits per heavy atom. The first kappa shape index (κ1) is 15.3. The molecule has 2 rings (SSSR count). The third kappa shape index (κ3) is 2.83. The van der Waals surface area contributed by atoms with Gasteiger partial charge in [0.05, 0.1) is 12.1 Å². The maximum absolute atomic E-state index is 6.14. The molecule has 1 aromatic rings. The predicted octanol–water partition coefficient (Wildman–Crippen LogP) is 2.25. The molecular formula is C15H23BrN4. The molecule has 0 bridgehead atoms. The van der Waals surface area contributed by atoms with E-state index in [-0.39, 0.29) is 5.54 Å². The van der Waals surface area contributed by atoms with Gasteiger partial charge in [-0.3, -0.25) is 4.99 Å². The first-order valence-electron chi connectivity index (χ1n) is 6.98. The molecule has 5 heteroatoms. The number of rotatable bonds is 5. The summed E-state index contributed by atoms with van der Waals surface area (Å²) in [6.45, 7) is 4.80. The zero-order chi connectivity index (χ0) is 14.8. The monoisotopic (exact) mass is 338 g/mol. The van der Waals surface area contributed by atoms with E-state index in [1.165, 1.54) is 5.56 Å². The summed E-state index contributed by atoms with van der Waals surface area (Å²) >= 11 is 3.56. The maximum atomic E-state index is 6.14. The molecule has 110 valence electrons. The fourth-order valence-electron chi connectivity index (χ4n) is 2.76. The second-order valence-corrected chi connectivity index (χ2v) is 6.44. The standard InChI is InChI=1S/C15H23BrN4/c1-4-15(12-6-5-7-13(16)10-12)11-18-14(17)20(15)9-8-19(2)3/h5-7,10H,4,8-9,11H2,1-3H3,(H2,17,18). The Balaban J connectivity index is 2.33. The molecule has 1 heterocycles. The maximum Gasteiger partial charge on any atom is 0.192 e. The summed E-state index contributed by atoms with van der Waals surface area (Å²) in [5.41, 5.74) is 7.31. The number of likely N-dealkylation sites (N-methyl/N-ethyl adjacent to an activating group) is 1. The zero-order valence-electron chi connectivity index (χ0n) is 12.4. The molecular weight excluding hydrogens is 316 g/mol. The van der Waals surface area contributed by atoms with E-state index in [0.29, 0.717) is 5.96 Å². The SMILES string of the molecule is CCC1(c2cccc(Br)c2)CN=C(N)N1CCN(C)C. The van der Waals surface area contributed by atoms with Crippen molar-refractivity contribution >= 4 is 21.9 Å². The first-order chi connectivity index (χ1) is 9.49. The van der Waals surface area contributed by atoms with Crippen LogP contribution in [0.15, 0.2) is 33.7 Å². The Kier molecular flexibility index (Phi) is 4.70. The minimum absolute atomic E-state index is 0.107. The highest BCUT2D eigenvalue weighted by atomic mass is 79.9. The molecule has 20 heavy (non-hydrogen) atoms. The molecule has 0 aromatic heterocycles. The van der Waals surface area contributed by atoms with Crippen molar-refractivity contribution in [3.05, 3.63) is 34.3 Å². The van der Waals surface area contributed by atoms with Crippen molar-refractivity contribution in [3.8, 4) is 0 Å². The van der Waals surface area contributed by atoms with Gasteiger partial charge in [-0.2, -0.15) is 0 Å². The molecule has 1 aliphatic rings. The van der Waals surface area contributed by atoms with Crippen molar-refractivity contribution in [2.24, 2.45) is 10.7 Å². The number of guanidine groups is 1. The summed E-state index contributed by atoms with van der Waals surface area (Å²) < 4.78 is 1.10. The number of aliphatic imine (C=N–C) groups is 1. The second-order valence-electron chi connectivity index (χ2n) is 5.52. The summed E-state index contributed by atoms with van der Waals surface area (Å²) in [4.78, 5) is 8.94. The van der Waals surface area contributed by atoms with Crippen LogP contribution in [0.25, 0.3) is 0 Å². The van der Waals surface area contributed by atoms with Crippen LogP contribution in [0.5, 0.6) is 0 Å². The predicted molar refractivity (Wildman–Crippen MR) is 87.9 cm³/mol. The molecule has 0 saturated heterocycles. The molecule has 1 atom stereocenters. The van der Waals surface area contributed by atoms with E-state index in [1.807, 2.05) is 0 Å². The van der Waals surface area contributed by atoms with Gasteiger partial charge in [0.2, 0.25) is 0 Å². The van der Waals surface area contributed by atoms with E-state index in [0.717, 1.165) is 30.5 Å². The van der Waals surface area contributed by atoms with Crippen molar-refractivity contribution in [2.75, 3.05) is 33.7 Å². The lowest BCUT2D eigenvalue weighted by molar-refractivity contribution is 0.179. The Labute approximate surface area is 129 Å². The topological polar surface area (TPSA) is 44.9 Å². The van der Waals surface area contributed by atoms with Crippen LogP contribution < -0.4 is 5.73 Å². The molecule has 0 fully saturated rings. The van der Waals surface area contributed by atoms with Gasteiger partial charge in [0.15, 0.2) is 5.96 Å². The molecule has 1 unspecified atom stereocenters. The van der Waals surface area contributed by atoms with Gasteiger partial charge in [0, 0.05) is 17.6 Å². The van der Waals surface area contributed by atoms with Crippen LogP contribution in [0.4, 0.5) is 0 Å². The van der Waals surface area contributed by atoms with Gasteiger partial charge in [0.25, 0.3) is 0 Å². The first-order valence-corrected chi connectivity index (χ1v) is 7.77. The van der Waals surface area contributed by atoms with Crippen LogP contribution >= 0.6 is 15.9 Å². The van der Waals surface area contributed by atoms with Crippen LogP contribution in [0.3, 0.4) is 0 Å². The summed E-state index contributed by atoms with van der Waals surface area (Å²) in [5.74, 6) is 0.661. The smallest absolute Gasteiger partial charge is 0.192 e. The van der Waals surface area contributed by atoms with Gasteiger partial charge in [-0.25, -0.2) is 0 Å². The molecule has 0 amide bonds. The molecule has 0 radical (unpaired) electrons. The number of hydrogen-bond donors (Lipinski definition) is 1. The Morgan fingerprint density at radius 1 is 1.45 bits per heavy atom. The van der Waals surface area contributed by atoms with E-state index in [2.05, 4.69) is 76.0 Å². The third-order valence-electron chi connectivity index (χ3n) is 4.01. The van der Waals surface area contributed by atoms with Crippen molar-refractivity contribution in [1.29, 1.82) is 0 Å². The molecule has 0 aliphatic carbocycles. The highest BCUT2D eigenvalue weighted by Gasteiger charge is 2.42. The Bertz CT molecular complexity index is 500. The zero-order valence-corrected chi connectivity index (χ0v) is 14.0. The van der Waals surface area contributed by atoms with Crippen molar-refractivity contribution in [1.82, 2.24) is 9.80 Å². The van der Waals surface area contributed by atoms with E-state index >= 15 is 0 Å². The van der Waals surface area contributed by atoms with Crippen molar-refractivity contribution < 1.29 is 0 Å². The molecule has 0 saturated carbocycles. The lowest BCUT2D eigenvalue weighted by Crippen LogP contribution is -2.51. The van der Waals surface area contributed by atoms with Crippen LogP contribution in [0, 0.1) is 0 Å². The molecule has 4 nitrogen and oxygen atoms in total. The molecule has 2 N–H and O–H groups in total. The number of nitrogens with two attached hydrogens (primary N) is 1. The van der Waals surface area contributed by atoms with Crippen LogP contribution in [0.1, 0.15) is 18.9 Å².